The number of hydrogen-bond acceptors (Lipinski definition) is 3. The van der Waals surface area contributed by atoms with Gasteiger partial charge in [0, 0.05) is 27.5 Å². The minimum atomic E-state index is 0.672. The highest BCUT2D eigenvalue weighted by atomic mass is 16.3. The topological polar surface area (TPSA) is 38.9 Å². The van der Waals surface area contributed by atoms with Gasteiger partial charge in [-0.1, -0.05) is 200 Å². The van der Waals surface area contributed by atoms with Crippen LogP contribution in [0.1, 0.15) is 0 Å². The molecular weight excluding hydrogens is 741 g/mol. The summed E-state index contributed by atoms with van der Waals surface area (Å²) in [6.45, 7) is 0. The summed E-state index contributed by atoms with van der Waals surface area (Å²) < 4.78 is 6.45. The van der Waals surface area contributed by atoms with Gasteiger partial charge in [0.25, 0.3) is 0 Å². The maximum absolute atomic E-state index is 6.45. The Bertz CT molecular complexity index is 3610. The van der Waals surface area contributed by atoms with Crippen molar-refractivity contribution in [1.82, 2.24) is 9.97 Å². The molecule has 12 aromatic rings. The van der Waals surface area contributed by atoms with Gasteiger partial charge in [0.05, 0.1) is 11.4 Å². The molecule has 10 aromatic carbocycles. The van der Waals surface area contributed by atoms with Gasteiger partial charge in [-0.25, -0.2) is 9.97 Å². The largest absolute Gasteiger partial charge is 0.455 e. The van der Waals surface area contributed by atoms with Crippen LogP contribution in [0.5, 0.6) is 0 Å². The van der Waals surface area contributed by atoms with E-state index in [1.807, 2.05) is 36.4 Å². The van der Waals surface area contributed by atoms with Crippen LogP contribution in [-0.2, 0) is 0 Å². The summed E-state index contributed by atoms with van der Waals surface area (Å²) >= 11 is 0. The predicted octanol–water partition coefficient (Wildman–Crippen LogP) is 15.8. The van der Waals surface area contributed by atoms with E-state index in [0.717, 1.165) is 61.1 Å². The first kappa shape index (κ1) is 34.9. The average Bonchev–Trinajstić information content (AvgIpc) is 3.73. The summed E-state index contributed by atoms with van der Waals surface area (Å²) in [5.41, 5.74) is 13.5. The second-order valence-electron chi connectivity index (χ2n) is 15.6. The van der Waals surface area contributed by atoms with Crippen LogP contribution in [0.25, 0.3) is 122 Å². The summed E-state index contributed by atoms with van der Waals surface area (Å²) in [4.78, 5) is 10.2. The molecule has 284 valence electrons. The minimum absolute atomic E-state index is 0.672. The van der Waals surface area contributed by atoms with Gasteiger partial charge >= 0.3 is 0 Å². The molecule has 2 aromatic heterocycles. The number of rotatable bonds is 6. The van der Waals surface area contributed by atoms with Crippen molar-refractivity contribution in [2.75, 3.05) is 0 Å². The molecule has 0 atom stereocenters. The van der Waals surface area contributed by atoms with Crippen LogP contribution in [-0.4, -0.2) is 9.97 Å². The molecular formula is C58H36N2O. The van der Waals surface area contributed by atoms with Crippen molar-refractivity contribution in [3.05, 3.63) is 218 Å². The highest BCUT2D eigenvalue weighted by Crippen LogP contribution is 2.46. The van der Waals surface area contributed by atoms with Crippen molar-refractivity contribution in [2.45, 2.75) is 0 Å². The molecule has 61 heavy (non-hydrogen) atoms. The Hall–Kier alpha value is -8.14. The van der Waals surface area contributed by atoms with Crippen molar-refractivity contribution < 1.29 is 4.42 Å². The first-order valence-electron chi connectivity index (χ1n) is 20.7. The van der Waals surface area contributed by atoms with Crippen molar-refractivity contribution >= 4 is 54.3 Å². The van der Waals surface area contributed by atoms with Gasteiger partial charge in [0.2, 0.25) is 0 Å². The lowest BCUT2D eigenvalue weighted by Crippen LogP contribution is -1.96. The van der Waals surface area contributed by atoms with E-state index in [0.29, 0.717) is 5.82 Å². The highest BCUT2D eigenvalue weighted by molar-refractivity contribution is 6.28. The third-order valence-corrected chi connectivity index (χ3v) is 12.1. The van der Waals surface area contributed by atoms with Crippen LogP contribution in [0, 0.1) is 0 Å². The molecule has 0 N–H and O–H groups in total. The maximum atomic E-state index is 6.45. The van der Waals surface area contributed by atoms with Gasteiger partial charge in [0.1, 0.15) is 11.2 Å². The lowest BCUT2D eigenvalue weighted by molar-refractivity contribution is 0.670. The zero-order chi connectivity index (χ0) is 40.3. The normalized spacial score (nSPS) is 11.6. The van der Waals surface area contributed by atoms with Crippen molar-refractivity contribution in [2.24, 2.45) is 0 Å². The van der Waals surface area contributed by atoms with Gasteiger partial charge in [-0.3, -0.25) is 0 Å². The summed E-state index contributed by atoms with van der Waals surface area (Å²) in [6, 6.07) is 77.6. The first-order valence-corrected chi connectivity index (χ1v) is 20.7. The summed E-state index contributed by atoms with van der Waals surface area (Å²) in [5, 5.41) is 9.72. The monoisotopic (exact) mass is 776 g/mol. The van der Waals surface area contributed by atoms with E-state index in [1.165, 1.54) is 54.6 Å². The van der Waals surface area contributed by atoms with Crippen LogP contribution in [0.3, 0.4) is 0 Å². The van der Waals surface area contributed by atoms with Crippen LogP contribution in [0.15, 0.2) is 223 Å². The lowest BCUT2D eigenvalue weighted by Gasteiger charge is -2.19. The van der Waals surface area contributed by atoms with Crippen molar-refractivity contribution in [3.63, 3.8) is 0 Å². The SMILES string of the molecule is c1ccc(-c2nc(-c3ccc(-c4ccc(-c5c6ccccc6c(-c6ccccc6)c6c5ccc5ccccc56)cc4)cc3)cc(-c3cccc4c3oc3ccccc34)n2)cc1. The number of hydrogen-bond donors (Lipinski definition) is 0. The molecule has 0 aliphatic rings. The molecule has 0 amide bonds. The summed E-state index contributed by atoms with van der Waals surface area (Å²) in [6.07, 6.45) is 0. The van der Waals surface area contributed by atoms with E-state index in [4.69, 9.17) is 14.4 Å². The molecule has 0 saturated heterocycles. The number of nitrogens with zero attached hydrogens (tertiary/aromatic N) is 2. The molecule has 0 saturated carbocycles. The smallest absolute Gasteiger partial charge is 0.160 e. The van der Waals surface area contributed by atoms with Gasteiger partial charge in [-0.05, 0) is 83.9 Å². The van der Waals surface area contributed by atoms with E-state index in [9.17, 15) is 0 Å². The maximum Gasteiger partial charge on any atom is 0.160 e. The fourth-order valence-electron chi connectivity index (χ4n) is 9.22. The van der Waals surface area contributed by atoms with Crippen molar-refractivity contribution in [3.8, 4) is 67.3 Å². The molecule has 0 spiro atoms. The van der Waals surface area contributed by atoms with Crippen LogP contribution in [0.2, 0.25) is 0 Å². The third kappa shape index (κ3) is 5.90. The fourth-order valence-corrected chi connectivity index (χ4v) is 9.22. The Morgan fingerprint density at radius 3 is 1.59 bits per heavy atom. The van der Waals surface area contributed by atoms with Gasteiger partial charge in [0.15, 0.2) is 5.82 Å². The summed E-state index contributed by atoms with van der Waals surface area (Å²) in [5.74, 6) is 0.672. The Morgan fingerprint density at radius 2 is 0.852 bits per heavy atom. The molecule has 3 heteroatoms. The number of fused-ring (bicyclic) bond motifs is 7. The Kier molecular flexibility index (Phi) is 8.17. The first-order chi connectivity index (χ1) is 30.2. The van der Waals surface area contributed by atoms with Crippen molar-refractivity contribution in [1.29, 1.82) is 0 Å². The zero-order valence-corrected chi connectivity index (χ0v) is 33.1. The molecule has 0 bridgehead atoms. The molecule has 2 heterocycles. The van der Waals surface area contributed by atoms with Crippen LogP contribution in [0.4, 0.5) is 0 Å². The predicted molar refractivity (Wildman–Crippen MR) is 254 cm³/mol. The van der Waals surface area contributed by atoms with Gasteiger partial charge in [-0.15, -0.1) is 0 Å². The highest BCUT2D eigenvalue weighted by Gasteiger charge is 2.20. The fraction of sp³-hybridized carbons (Fsp3) is 0. The molecule has 12 rings (SSSR count). The molecule has 3 nitrogen and oxygen atoms in total. The molecule has 0 aliphatic heterocycles. The van der Waals surface area contributed by atoms with E-state index < -0.39 is 0 Å². The minimum Gasteiger partial charge on any atom is -0.455 e. The number of para-hydroxylation sites is 2. The second-order valence-corrected chi connectivity index (χ2v) is 15.6. The molecule has 0 fully saturated rings. The molecule has 0 aliphatic carbocycles. The molecule has 0 radical (unpaired) electrons. The quantitative estimate of drug-likeness (QED) is 0.125. The van der Waals surface area contributed by atoms with E-state index in [2.05, 4.69) is 182 Å². The standard InChI is InChI=1S/C58H36N2O/c1-3-15-41(16-4-1)55-47-22-10-9-21-46(47)54(50-35-34-39-14-7-8-19-44(39)56(50)55)42-32-28-38(29-33-42)37-26-30-40(31-27-37)51-36-52(60-58(59-51)43-17-5-2-6-18-43)49-24-13-23-48-45-20-11-12-25-53(45)61-57(48)49/h1-36H. The van der Waals surface area contributed by atoms with Gasteiger partial charge in [-0.2, -0.15) is 0 Å². The number of aromatic nitrogens is 2. The lowest BCUT2D eigenvalue weighted by atomic mass is 9.84. The Balaban J connectivity index is 0.950. The zero-order valence-electron chi connectivity index (χ0n) is 33.1. The third-order valence-electron chi connectivity index (χ3n) is 12.1. The van der Waals surface area contributed by atoms with Crippen LogP contribution < -0.4 is 0 Å². The number of furan rings is 1. The summed E-state index contributed by atoms with van der Waals surface area (Å²) in [7, 11) is 0. The number of benzene rings is 10. The van der Waals surface area contributed by atoms with E-state index >= 15 is 0 Å². The second kappa shape index (κ2) is 14.3. The molecule has 0 unspecified atom stereocenters. The Morgan fingerprint density at radius 1 is 0.311 bits per heavy atom. The van der Waals surface area contributed by atoms with E-state index in [1.54, 1.807) is 0 Å². The average molecular weight is 777 g/mol. The van der Waals surface area contributed by atoms with E-state index in [-0.39, 0.29) is 0 Å². The Labute approximate surface area is 352 Å². The van der Waals surface area contributed by atoms with Crippen LogP contribution >= 0.6 is 0 Å². The van der Waals surface area contributed by atoms with Gasteiger partial charge < -0.3 is 4.42 Å².